The van der Waals surface area contributed by atoms with Crippen LogP contribution in [0.3, 0.4) is 0 Å². The Balaban J connectivity index is 2.47. The molecule has 124 valence electrons. The van der Waals surface area contributed by atoms with Crippen molar-refractivity contribution in [3.63, 3.8) is 0 Å². The molecule has 0 aromatic rings. The monoisotopic (exact) mass is 303 g/mol. The van der Waals surface area contributed by atoms with E-state index in [0.717, 1.165) is 6.42 Å². The lowest BCUT2D eigenvalue weighted by Gasteiger charge is -2.35. The zero-order chi connectivity index (χ0) is 16.0. The molecule has 1 fully saturated rings. The van der Waals surface area contributed by atoms with Crippen LogP contribution in [0, 0.1) is 11.3 Å². The van der Waals surface area contributed by atoms with E-state index in [4.69, 9.17) is 14.2 Å². The Bertz CT molecular complexity index is 324. The fraction of sp³-hybridized carbons (Fsp3) is 0.933. The maximum Gasteiger partial charge on any atom is 0.323 e. The molecule has 6 heteroatoms. The zero-order valence-corrected chi connectivity index (χ0v) is 13.7. The van der Waals surface area contributed by atoms with Crippen molar-refractivity contribution in [3.8, 4) is 0 Å². The lowest BCUT2D eigenvalue weighted by molar-refractivity contribution is -0.232. The van der Waals surface area contributed by atoms with Gasteiger partial charge in [0.05, 0.1) is 20.3 Å². The van der Waals surface area contributed by atoms with Gasteiger partial charge >= 0.3 is 5.97 Å². The minimum Gasteiger partial charge on any atom is -0.468 e. The van der Waals surface area contributed by atoms with Crippen LogP contribution in [-0.4, -0.2) is 50.0 Å². The fourth-order valence-electron chi connectivity index (χ4n) is 2.15. The van der Waals surface area contributed by atoms with Crippen LogP contribution in [-0.2, 0) is 19.0 Å². The van der Waals surface area contributed by atoms with Gasteiger partial charge in [0.2, 0.25) is 0 Å². The number of nitrogens with one attached hydrogen (secondary N) is 1. The molecule has 1 unspecified atom stereocenters. The van der Waals surface area contributed by atoms with E-state index in [1.807, 2.05) is 13.8 Å². The number of aliphatic hydroxyl groups is 1. The summed E-state index contributed by atoms with van der Waals surface area (Å²) in [4.78, 5) is 11.8. The second-order valence-electron chi connectivity index (χ2n) is 6.52. The van der Waals surface area contributed by atoms with Crippen LogP contribution < -0.4 is 5.32 Å². The number of esters is 1. The number of hydrogen-bond donors (Lipinski definition) is 2. The Labute approximate surface area is 127 Å². The van der Waals surface area contributed by atoms with Crippen LogP contribution in [0.15, 0.2) is 0 Å². The predicted molar refractivity (Wildman–Crippen MR) is 78.5 cm³/mol. The summed E-state index contributed by atoms with van der Waals surface area (Å²) in [5, 5.41) is 13.0. The van der Waals surface area contributed by atoms with Crippen LogP contribution in [0.2, 0.25) is 0 Å². The molecule has 6 nitrogen and oxygen atoms in total. The second-order valence-corrected chi connectivity index (χ2v) is 6.52. The molecule has 3 atom stereocenters. The highest BCUT2D eigenvalue weighted by Crippen LogP contribution is 2.24. The Morgan fingerprint density at radius 2 is 2.00 bits per heavy atom. The molecule has 0 bridgehead atoms. The summed E-state index contributed by atoms with van der Waals surface area (Å²) in [6.45, 7) is 9.25. The SMILES string of the molecule is CC[C@H](C)[C@H](NC(O)CC1OCC(C)(C)CO1)C(=O)OC. The Morgan fingerprint density at radius 1 is 1.43 bits per heavy atom. The van der Waals surface area contributed by atoms with E-state index in [-0.39, 0.29) is 23.7 Å². The topological polar surface area (TPSA) is 77.0 Å². The Morgan fingerprint density at radius 3 is 2.48 bits per heavy atom. The molecule has 0 spiro atoms. The van der Waals surface area contributed by atoms with Crippen LogP contribution in [0.1, 0.15) is 40.5 Å². The van der Waals surface area contributed by atoms with Gasteiger partial charge in [0.1, 0.15) is 12.3 Å². The van der Waals surface area contributed by atoms with Gasteiger partial charge in [-0.2, -0.15) is 0 Å². The molecule has 21 heavy (non-hydrogen) atoms. The molecule has 1 heterocycles. The van der Waals surface area contributed by atoms with E-state index in [9.17, 15) is 9.90 Å². The predicted octanol–water partition coefficient (Wildman–Crippen LogP) is 1.27. The maximum absolute atomic E-state index is 11.8. The number of hydrogen-bond acceptors (Lipinski definition) is 6. The minimum atomic E-state index is -0.880. The minimum absolute atomic E-state index is 0.000156. The largest absolute Gasteiger partial charge is 0.468 e. The van der Waals surface area contributed by atoms with Crippen LogP contribution in [0.25, 0.3) is 0 Å². The van der Waals surface area contributed by atoms with Gasteiger partial charge in [-0.3, -0.25) is 10.1 Å². The normalized spacial score (nSPS) is 23.3. The highest BCUT2D eigenvalue weighted by Gasteiger charge is 2.32. The van der Waals surface area contributed by atoms with E-state index < -0.39 is 18.6 Å². The molecule has 1 aliphatic heterocycles. The average Bonchev–Trinajstić information content (AvgIpc) is 2.45. The van der Waals surface area contributed by atoms with E-state index in [2.05, 4.69) is 19.2 Å². The lowest BCUT2D eigenvalue weighted by Crippen LogP contribution is -2.49. The summed E-state index contributed by atoms with van der Waals surface area (Å²) in [7, 11) is 1.35. The van der Waals surface area contributed by atoms with Crippen LogP contribution in [0.4, 0.5) is 0 Å². The van der Waals surface area contributed by atoms with Gasteiger partial charge in [-0.05, 0) is 5.92 Å². The van der Waals surface area contributed by atoms with Crippen molar-refractivity contribution < 1.29 is 24.1 Å². The highest BCUT2D eigenvalue weighted by molar-refractivity contribution is 5.76. The van der Waals surface area contributed by atoms with Crippen molar-refractivity contribution in [2.45, 2.75) is 59.1 Å². The van der Waals surface area contributed by atoms with Gasteiger partial charge in [-0.15, -0.1) is 0 Å². The fourth-order valence-corrected chi connectivity index (χ4v) is 2.15. The highest BCUT2D eigenvalue weighted by atomic mass is 16.7. The van der Waals surface area contributed by atoms with Gasteiger partial charge in [-0.25, -0.2) is 0 Å². The number of carbonyl (C=O) groups excluding carboxylic acids is 1. The molecular formula is C15H29NO5. The average molecular weight is 303 g/mol. The molecule has 0 radical (unpaired) electrons. The van der Waals surface area contributed by atoms with Gasteiger partial charge in [0.15, 0.2) is 6.29 Å². The molecule has 0 amide bonds. The molecule has 1 aliphatic rings. The number of rotatable bonds is 7. The summed E-state index contributed by atoms with van der Waals surface area (Å²) in [5.41, 5.74) is 0.000156. The first-order valence-corrected chi connectivity index (χ1v) is 7.54. The third kappa shape index (κ3) is 5.90. The molecule has 1 saturated heterocycles. The Kier molecular flexibility index (Phi) is 7.06. The molecule has 0 saturated carbocycles. The summed E-state index contributed by atoms with van der Waals surface area (Å²) >= 11 is 0. The van der Waals surface area contributed by atoms with E-state index in [1.54, 1.807) is 0 Å². The maximum atomic E-state index is 11.8. The summed E-state index contributed by atoms with van der Waals surface area (Å²) in [5.74, 6) is -0.297. The van der Waals surface area contributed by atoms with Crippen molar-refractivity contribution in [3.05, 3.63) is 0 Å². The number of ether oxygens (including phenoxy) is 3. The number of aliphatic hydroxyl groups excluding tert-OH is 1. The summed E-state index contributed by atoms with van der Waals surface area (Å²) in [6, 6.07) is -0.532. The standard InChI is InChI=1S/C15H29NO5/c1-6-10(2)13(14(18)19-5)16-11(17)7-12-20-8-15(3,4)9-21-12/h10-13,16-17H,6-9H2,1-5H3/t10-,11?,13-/m0/s1. The number of carbonyl (C=O) groups is 1. The molecule has 0 aliphatic carbocycles. The van der Waals surface area contributed by atoms with Crippen molar-refractivity contribution in [1.82, 2.24) is 5.32 Å². The van der Waals surface area contributed by atoms with Crippen molar-refractivity contribution in [1.29, 1.82) is 0 Å². The Hall–Kier alpha value is -0.690. The molecule has 2 N–H and O–H groups in total. The van der Waals surface area contributed by atoms with Crippen LogP contribution >= 0.6 is 0 Å². The van der Waals surface area contributed by atoms with E-state index >= 15 is 0 Å². The summed E-state index contributed by atoms with van der Waals surface area (Å²) in [6.07, 6.45) is -0.241. The molecule has 0 aromatic heterocycles. The second kappa shape index (κ2) is 8.08. The molecular weight excluding hydrogens is 274 g/mol. The number of methoxy groups -OCH3 is 1. The van der Waals surface area contributed by atoms with Gasteiger partial charge in [0, 0.05) is 11.8 Å². The first kappa shape index (κ1) is 18.4. The third-order valence-electron chi connectivity index (χ3n) is 3.78. The van der Waals surface area contributed by atoms with Crippen molar-refractivity contribution >= 4 is 5.97 Å². The molecule has 0 aromatic carbocycles. The van der Waals surface area contributed by atoms with E-state index in [1.165, 1.54) is 7.11 Å². The summed E-state index contributed by atoms with van der Waals surface area (Å²) < 4.78 is 15.9. The zero-order valence-electron chi connectivity index (χ0n) is 13.7. The lowest BCUT2D eigenvalue weighted by atomic mass is 9.95. The van der Waals surface area contributed by atoms with Crippen molar-refractivity contribution in [2.24, 2.45) is 11.3 Å². The smallest absolute Gasteiger partial charge is 0.323 e. The van der Waals surface area contributed by atoms with Crippen LogP contribution in [0.5, 0.6) is 0 Å². The van der Waals surface area contributed by atoms with Gasteiger partial charge in [-0.1, -0.05) is 34.1 Å². The van der Waals surface area contributed by atoms with E-state index in [0.29, 0.717) is 13.2 Å². The molecule has 1 rings (SSSR count). The quantitative estimate of drug-likeness (QED) is 0.545. The van der Waals surface area contributed by atoms with Crippen molar-refractivity contribution in [2.75, 3.05) is 20.3 Å². The first-order valence-electron chi connectivity index (χ1n) is 7.54. The van der Waals surface area contributed by atoms with Gasteiger partial charge < -0.3 is 19.3 Å². The third-order valence-corrected chi connectivity index (χ3v) is 3.78. The van der Waals surface area contributed by atoms with Gasteiger partial charge in [0.25, 0.3) is 0 Å². The first-order chi connectivity index (χ1) is 9.79.